The molecule has 1 unspecified atom stereocenters. The fraction of sp³-hybridized carbons (Fsp3) is 0.462. The van der Waals surface area contributed by atoms with E-state index in [-0.39, 0.29) is 5.95 Å². The lowest BCUT2D eigenvalue weighted by molar-refractivity contribution is 0.630. The van der Waals surface area contributed by atoms with E-state index in [4.69, 9.17) is 5.73 Å². The monoisotopic (exact) mass is 355 g/mol. The van der Waals surface area contributed by atoms with Gasteiger partial charge in [-0.1, -0.05) is 6.92 Å². The van der Waals surface area contributed by atoms with Gasteiger partial charge in [0.1, 0.15) is 5.82 Å². The van der Waals surface area contributed by atoms with Crippen LogP contribution in [-0.4, -0.2) is 21.0 Å². The number of anilines is 2. The number of halogens is 1. The highest BCUT2D eigenvalue weighted by atomic mass is 79.9. The molecule has 0 aliphatic rings. The largest absolute Gasteiger partial charge is 0.368 e. The number of rotatable bonds is 6. The SMILES string of the molecule is CCC(CCc1cc(Br)cs1)Nc1nc(C)nc(N)n1. The van der Waals surface area contributed by atoms with Crippen molar-refractivity contribution in [2.24, 2.45) is 0 Å². The van der Waals surface area contributed by atoms with Gasteiger partial charge in [-0.25, -0.2) is 0 Å². The van der Waals surface area contributed by atoms with E-state index in [1.165, 1.54) is 4.88 Å². The third-order valence-corrected chi connectivity index (χ3v) is 4.71. The van der Waals surface area contributed by atoms with Gasteiger partial charge in [-0.05, 0) is 48.2 Å². The summed E-state index contributed by atoms with van der Waals surface area (Å²) in [6, 6.07) is 2.50. The lowest BCUT2D eigenvalue weighted by atomic mass is 10.1. The van der Waals surface area contributed by atoms with Crippen molar-refractivity contribution < 1.29 is 0 Å². The first-order valence-electron chi connectivity index (χ1n) is 6.54. The molecule has 0 aromatic carbocycles. The Kier molecular flexibility index (Phi) is 5.31. The van der Waals surface area contributed by atoms with Gasteiger partial charge >= 0.3 is 0 Å². The fourth-order valence-corrected chi connectivity index (χ4v) is 3.40. The maximum atomic E-state index is 5.64. The van der Waals surface area contributed by atoms with E-state index in [0.717, 1.165) is 23.7 Å². The van der Waals surface area contributed by atoms with Crippen LogP contribution in [0.3, 0.4) is 0 Å². The number of thiophene rings is 1. The molecule has 0 amide bonds. The van der Waals surface area contributed by atoms with Gasteiger partial charge in [-0.3, -0.25) is 0 Å². The number of nitrogen functional groups attached to an aromatic ring is 1. The fourth-order valence-electron chi connectivity index (χ4n) is 1.93. The molecule has 3 N–H and O–H groups in total. The van der Waals surface area contributed by atoms with Gasteiger partial charge in [-0.2, -0.15) is 15.0 Å². The standard InChI is InChI=1S/C13H18BrN5S/c1-3-10(4-5-11-6-9(14)7-20-11)18-13-17-8(2)16-12(15)19-13/h6-7,10H,3-5H2,1-2H3,(H3,15,16,17,18,19). The quantitative estimate of drug-likeness (QED) is 0.830. The van der Waals surface area contributed by atoms with Crippen LogP contribution in [0.1, 0.15) is 30.5 Å². The highest BCUT2D eigenvalue weighted by molar-refractivity contribution is 9.10. The van der Waals surface area contributed by atoms with Crippen LogP contribution >= 0.6 is 27.3 Å². The Morgan fingerprint density at radius 3 is 2.80 bits per heavy atom. The molecule has 1 atom stereocenters. The topological polar surface area (TPSA) is 76.7 Å². The van der Waals surface area contributed by atoms with Crippen molar-refractivity contribution in [2.75, 3.05) is 11.1 Å². The molecule has 7 heteroatoms. The molecule has 0 spiro atoms. The second kappa shape index (κ2) is 6.99. The van der Waals surface area contributed by atoms with Gasteiger partial charge in [0.2, 0.25) is 11.9 Å². The number of nitrogens with zero attached hydrogens (tertiary/aromatic N) is 3. The zero-order chi connectivity index (χ0) is 14.5. The maximum absolute atomic E-state index is 5.64. The van der Waals surface area contributed by atoms with Crippen LogP contribution in [0.15, 0.2) is 15.9 Å². The minimum absolute atomic E-state index is 0.261. The van der Waals surface area contributed by atoms with Crippen molar-refractivity contribution in [1.29, 1.82) is 0 Å². The van der Waals surface area contributed by atoms with Crippen molar-refractivity contribution in [3.05, 3.63) is 26.6 Å². The van der Waals surface area contributed by atoms with Crippen LogP contribution < -0.4 is 11.1 Å². The molecule has 2 rings (SSSR count). The van der Waals surface area contributed by atoms with Crippen LogP contribution in [0.4, 0.5) is 11.9 Å². The summed E-state index contributed by atoms with van der Waals surface area (Å²) < 4.78 is 1.15. The molecule has 108 valence electrons. The average Bonchev–Trinajstić information content (AvgIpc) is 2.79. The van der Waals surface area contributed by atoms with E-state index in [1.54, 1.807) is 11.3 Å². The van der Waals surface area contributed by atoms with Crippen molar-refractivity contribution in [3.63, 3.8) is 0 Å². The van der Waals surface area contributed by atoms with Crippen molar-refractivity contribution in [1.82, 2.24) is 15.0 Å². The van der Waals surface area contributed by atoms with Gasteiger partial charge in [0.05, 0.1) is 0 Å². The second-order valence-electron chi connectivity index (χ2n) is 4.58. The van der Waals surface area contributed by atoms with Gasteiger partial charge in [-0.15, -0.1) is 11.3 Å². The Bertz CT molecular complexity index is 551. The molecule has 0 bridgehead atoms. The maximum Gasteiger partial charge on any atom is 0.227 e. The molecule has 20 heavy (non-hydrogen) atoms. The summed E-state index contributed by atoms with van der Waals surface area (Å²) in [7, 11) is 0. The van der Waals surface area contributed by atoms with E-state index >= 15 is 0 Å². The molecule has 0 radical (unpaired) electrons. The number of nitrogens with two attached hydrogens (primary N) is 1. The van der Waals surface area contributed by atoms with E-state index < -0.39 is 0 Å². The summed E-state index contributed by atoms with van der Waals surface area (Å²) >= 11 is 5.26. The van der Waals surface area contributed by atoms with Gasteiger partial charge in [0.25, 0.3) is 0 Å². The first kappa shape index (κ1) is 15.2. The van der Waals surface area contributed by atoms with Crippen LogP contribution in [0.2, 0.25) is 0 Å². The Morgan fingerprint density at radius 1 is 1.40 bits per heavy atom. The van der Waals surface area contributed by atoms with Crippen LogP contribution in [0, 0.1) is 6.92 Å². The molecular weight excluding hydrogens is 338 g/mol. The third kappa shape index (κ3) is 4.42. The number of aromatic nitrogens is 3. The van der Waals surface area contributed by atoms with E-state index in [0.29, 0.717) is 17.8 Å². The molecule has 2 heterocycles. The first-order valence-corrected chi connectivity index (χ1v) is 8.21. The minimum atomic E-state index is 0.261. The average molecular weight is 356 g/mol. The highest BCUT2D eigenvalue weighted by Gasteiger charge is 2.10. The molecule has 0 saturated carbocycles. The van der Waals surface area contributed by atoms with Gasteiger partial charge < -0.3 is 11.1 Å². The zero-order valence-corrected chi connectivity index (χ0v) is 14.0. The summed E-state index contributed by atoms with van der Waals surface area (Å²) in [6.45, 7) is 3.97. The summed E-state index contributed by atoms with van der Waals surface area (Å²) in [5, 5.41) is 5.45. The Balaban J connectivity index is 1.94. The van der Waals surface area contributed by atoms with Crippen molar-refractivity contribution in [2.45, 2.75) is 39.2 Å². The molecule has 0 aliphatic carbocycles. The number of aryl methyl sites for hydroxylation is 2. The molecule has 0 fully saturated rings. The van der Waals surface area contributed by atoms with Crippen molar-refractivity contribution in [3.8, 4) is 0 Å². The predicted molar refractivity (Wildman–Crippen MR) is 87.0 cm³/mol. The smallest absolute Gasteiger partial charge is 0.227 e. The van der Waals surface area contributed by atoms with Crippen LogP contribution in [-0.2, 0) is 6.42 Å². The molecule has 2 aromatic rings. The van der Waals surface area contributed by atoms with Crippen molar-refractivity contribution >= 4 is 39.2 Å². The minimum Gasteiger partial charge on any atom is -0.368 e. The molecule has 2 aromatic heterocycles. The van der Waals surface area contributed by atoms with E-state index in [9.17, 15) is 0 Å². The lowest BCUT2D eigenvalue weighted by Crippen LogP contribution is -2.21. The zero-order valence-electron chi connectivity index (χ0n) is 11.6. The normalized spacial score (nSPS) is 12.3. The molecule has 0 aliphatic heterocycles. The molecular formula is C13H18BrN5S. The van der Waals surface area contributed by atoms with Gasteiger partial charge in [0.15, 0.2) is 0 Å². The van der Waals surface area contributed by atoms with Crippen LogP contribution in [0.25, 0.3) is 0 Å². The van der Waals surface area contributed by atoms with Gasteiger partial charge in [0, 0.05) is 20.8 Å². The molecule has 0 saturated heterocycles. The first-order chi connectivity index (χ1) is 9.56. The van der Waals surface area contributed by atoms with E-state index in [2.05, 4.69) is 54.6 Å². The van der Waals surface area contributed by atoms with E-state index in [1.807, 2.05) is 6.92 Å². The Hall–Kier alpha value is -1.21. The summed E-state index contributed by atoms with van der Waals surface area (Å²) in [5.74, 6) is 1.46. The Morgan fingerprint density at radius 2 is 2.20 bits per heavy atom. The number of hydrogen-bond donors (Lipinski definition) is 2. The molecule has 5 nitrogen and oxygen atoms in total. The Labute approximate surface area is 131 Å². The number of nitrogens with one attached hydrogen (secondary N) is 1. The second-order valence-corrected chi connectivity index (χ2v) is 6.50. The summed E-state index contributed by atoms with van der Waals surface area (Å²) in [6.07, 6.45) is 3.09. The summed E-state index contributed by atoms with van der Waals surface area (Å²) in [4.78, 5) is 13.7. The van der Waals surface area contributed by atoms with Crippen LogP contribution in [0.5, 0.6) is 0 Å². The third-order valence-electron chi connectivity index (χ3n) is 2.95. The lowest BCUT2D eigenvalue weighted by Gasteiger charge is -2.16. The highest BCUT2D eigenvalue weighted by Crippen LogP contribution is 2.22. The predicted octanol–water partition coefficient (Wildman–Crippen LogP) is 3.41. The summed E-state index contributed by atoms with van der Waals surface area (Å²) in [5.41, 5.74) is 5.64. The number of hydrogen-bond acceptors (Lipinski definition) is 6.